The highest BCUT2D eigenvalue weighted by Gasteiger charge is 2.07. The summed E-state index contributed by atoms with van der Waals surface area (Å²) in [6.45, 7) is 3.96. The van der Waals surface area contributed by atoms with Gasteiger partial charge in [0.15, 0.2) is 0 Å². The molecule has 1 aromatic heterocycles. The molecule has 3 rings (SSSR count). The fraction of sp³-hybridized carbons (Fsp3) is 0.278. The van der Waals surface area contributed by atoms with Crippen LogP contribution in [0.3, 0.4) is 0 Å². The van der Waals surface area contributed by atoms with Crippen molar-refractivity contribution in [3.8, 4) is 5.69 Å². The highest BCUT2D eigenvalue weighted by atomic mass is 35.5. The van der Waals surface area contributed by atoms with Crippen molar-refractivity contribution in [2.45, 2.75) is 25.0 Å². The summed E-state index contributed by atoms with van der Waals surface area (Å²) in [5.74, 6) is 0.917. The SMILES string of the molecule is CCc1ccc(CNCCSc2nnnn2-c2ccccc2)cc1.Cl. The molecule has 3 aromatic rings. The van der Waals surface area contributed by atoms with Gasteiger partial charge in [-0.05, 0) is 40.1 Å². The van der Waals surface area contributed by atoms with Crippen LogP contribution in [-0.2, 0) is 13.0 Å². The molecule has 2 aromatic carbocycles. The molecular weight excluding hydrogens is 354 g/mol. The normalized spacial score (nSPS) is 10.4. The smallest absolute Gasteiger partial charge is 0.214 e. The first kappa shape index (κ1) is 19.4. The van der Waals surface area contributed by atoms with E-state index in [4.69, 9.17) is 0 Å². The van der Waals surface area contributed by atoms with Gasteiger partial charge in [-0.1, -0.05) is 61.2 Å². The number of nitrogens with one attached hydrogen (secondary N) is 1. The van der Waals surface area contributed by atoms with Gasteiger partial charge in [0, 0.05) is 18.8 Å². The second kappa shape index (κ2) is 10.2. The number of para-hydroxylation sites is 1. The molecule has 0 saturated heterocycles. The van der Waals surface area contributed by atoms with Gasteiger partial charge in [0.05, 0.1) is 5.69 Å². The molecule has 7 heteroatoms. The number of rotatable bonds is 8. The second-order valence-electron chi connectivity index (χ2n) is 5.40. The van der Waals surface area contributed by atoms with Crippen molar-refractivity contribution in [1.29, 1.82) is 0 Å². The summed E-state index contributed by atoms with van der Waals surface area (Å²) in [5, 5.41) is 16.2. The molecule has 25 heavy (non-hydrogen) atoms. The van der Waals surface area contributed by atoms with Crippen molar-refractivity contribution in [1.82, 2.24) is 25.5 Å². The molecule has 1 heterocycles. The number of hydrogen-bond donors (Lipinski definition) is 1. The van der Waals surface area contributed by atoms with E-state index in [2.05, 4.69) is 52.0 Å². The van der Waals surface area contributed by atoms with Crippen molar-refractivity contribution in [3.63, 3.8) is 0 Å². The number of aromatic nitrogens is 4. The Hall–Kier alpha value is -1.89. The first-order valence-electron chi connectivity index (χ1n) is 8.12. The van der Waals surface area contributed by atoms with Crippen LogP contribution in [0.25, 0.3) is 5.69 Å². The molecular formula is C18H22ClN5S. The second-order valence-corrected chi connectivity index (χ2v) is 6.47. The van der Waals surface area contributed by atoms with Crippen LogP contribution >= 0.6 is 24.2 Å². The number of thioether (sulfide) groups is 1. The highest BCUT2D eigenvalue weighted by Crippen LogP contribution is 2.17. The van der Waals surface area contributed by atoms with Crippen LogP contribution < -0.4 is 5.32 Å². The minimum atomic E-state index is 0. The number of benzene rings is 2. The molecule has 0 fully saturated rings. The summed E-state index contributed by atoms with van der Waals surface area (Å²) in [7, 11) is 0. The molecule has 0 radical (unpaired) electrons. The quantitative estimate of drug-likeness (QED) is 0.482. The first-order chi connectivity index (χ1) is 11.9. The van der Waals surface area contributed by atoms with Gasteiger partial charge in [-0.3, -0.25) is 0 Å². The number of aryl methyl sites for hydroxylation is 1. The highest BCUT2D eigenvalue weighted by molar-refractivity contribution is 7.99. The lowest BCUT2D eigenvalue weighted by molar-refractivity contribution is 0.727. The molecule has 0 atom stereocenters. The average Bonchev–Trinajstić information content (AvgIpc) is 3.11. The van der Waals surface area contributed by atoms with Crippen LogP contribution in [0.4, 0.5) is 0 Å². The lowest BCUT2D eigenvalue weighted by atomic mass is 10.1. The molecule has 0 unspecified atom stereocenters. The monoisotopic (exact) mass is 375 g/mol. The topological polar surface area (TPSA) is 55.6 Å². The maximum absolute atomic E-state index is 4.10. The van der Waals surface area contributed by atoms with Crippen LogP contribution in [0.15, 0.2) is 59.8 Å². The maximum atomic E-state index is 4.10. The Morgan fingerprint density at radius 3 is 2.44 bits per heavy atom. The zero-order valence-electron chi connectivity index (χ0n) is 14.1. The number of tetrazole rings is 1. The molecule has 0 saturated carbocycles. The van der Waals surface area contributed by atoms with Crippen molar-refractivity contribution < 1.29 is 0 Å². The van der Waals surface area contributed by atoms with E-state index in [1.807, 2.05) is 30.3 Å². The fourth-order valence-electron chi connectivity index (χ4n) is 2.34. The molecule has 0 spiro atoms. The van der Waals surface area contributed by atoms with Crippen LogP contribution in [0.2, 0.25) is 0 Å². The Bertz CT molecular complexity index is 746. The summed E-state index contributed by atoms with van der Waals surface area (Å²) in [5.41, 5.74) is 3.67. The van der Waals surface area contributed by atoms with E-state index >= 15 is 0 Å². The number of nitrogens with zero attached hydrogens (tertiary/aromatic N) is 4. The Morgan fingerprint density at radius 2 is 1.72 bits per heavy atom. The van der Waals surface area contributed by atoms with Crippen molar-refractivity contribution in [3.05, 3.63) is 65.7 Å². The van der Waals surface area contributed by atoms with Gasteiger partial charge in [-0.25, -0.2) is 0 Å². The molecule has 0 aliphatic carbocycles. The van der Waals surface area contributed by atoms with Crippen LogP contribution in [-0.4, -0.2) is 32.5 Å². The van der Waals surface area contributed by atoms with Gasteiger partial charge in [-0.2, -0.15) is 4.68 Å². The Morgan fingerprint density at radius 1 is 1.00 bits per heavy atom. The Balaban J connectivity index is 0.00000225. The maximum Gasteiger partial charge on any atom is 0.214 e. The summed E-state index contributed by atoms with van der Waals surface area (Å²) in [6, 6.07) is 18.7. The zero-order valence-corrected chi connectivity index (χ0v) is 15.8. The molecule has 1 N–H and O–H groups in total. The number of hydrogen-bond acceptors (Lipinski definition) is 5. The standard InChI is InChI=1S/C18H21N5S.ClH/c1-2-15-8-10-16(11-9-15)14-19-12-13-24-18-20-21-22-23(18)17-6-4-3-5-7-17;/h3-11,19H,2,12-14H2,1H3;1H. The van der Waals surface area contributed by atoms with Gasteiger partial charge >= 0.3 is 0 Å². The van der Waals surface area contributed by atoms with E-state index in [1.54, 1.807) is 16.4 Å². The predicted molar refractivity (Wildman–Crippen MR) is 105 cm³/mol. The minimum absolute atomic E-state index is 0. The third-order valence-electron chi connectivity index (χ3n) is 3.71. The molecule has 0 aliphatic heterocycles. The van der Waals surface area contributed by atoms with E-state index < -0.39 is 0 Å². The molecule has 0 aliphatic rings. The first-order valence-corrected chi connectivity index (χ1v) is 9.10. The van der Waals surface area contributed by atoms with Crippen molar-refractivity contribution >= 4 is 24.2 Å². The van der Waals surface area contributed by atoms with Crippen LogP contribution in [0, 0.1) is 0 Å². The minimum Gasteiger partial charge on any atom is -0.312 e. The zero-order chi connectivity index (χ0) is 16.6. The third-order valence-corrected chi connectivity index (χ3v) is 4.63. The van der Waals surface area contributed by atoms with E-state index in [0.29, 0.717) is 0 Å². The summed E-state index contributed by atoms with van der Waals surface area (Å²) in [4.78, 5) is 0. The average molecular weight is 376 g/mol. The van der Waals surface area contributed by atoms with E-state index in [1.165, 1.54) is 11.1 Å². The lowest BCUT2D eigenvalue weighted by Crippen LogP contribution is -2.16. The van der Waals surface area contributed by atoms with E-state index in [9.17, 15) is 0 Å². The van der Waals surface area contributed by atoms with Gasteiger partial charge in [0.2, 0.25) is 5.16 Å². The summed E-state index contributed by atoms with van der Waals surface area (Å²) >= 11 is 1.65. The van der Waals surface area contributed by atoms with E-state index in [-0.39, 0.29) is 12.4 Å². The van der Waals surface area contributed by atoms with Gasteiger partial charge in [0.25, 0.3) is 0 Å². The van der Waals surface area contributed by atoms with E-state index in [0.717, 1.165) is 36.1 Å². The summed E-state index contributed by atoms with van der Waals surface area (Å²) in [6.07, 6.45) is 1.08. The predicted octanol–water partition coefficient (Wildman–Crippen LogP) is 3.53. The molecule has 5 nitrogen and oxygen atoms in total. The van der Waals surface area contributed by atoms with Crippen molar-refractivity contribution in [2.75, 3.05) is 12.3 Å². The van der Waals surface area contributed by atoms with Gasteiger partial charge < -0.3 is 5.32 Å². The van der Waals surface area contributed by atoms with Crippen LogP contribution in [0.5, 0.6) is 0 Å². The van der Waals surface area contributed by atoms with Crippen LogP contribution in [0.1, 0.15) is 18.1 Å². The summed E-state index contributed by atoms with van der Waals surface area (Å²) < 4.78 is 1.77. The van der Waals surface area contributed by atoms with Gasteiger partial charge in [-0.15, -0.1) is 17.5 Å². The Kier molecular flexibility index (Phi) is 7.91. The third kappa shape index (κ3) is 5.56. The fourth-order valence-corrected chi connectivity index (χ4v) is 3.13. The molecule has 0 bridgehead atoms. The van der Waals surface area contributed by atoms with Gasteiger partial charge in [0.1, 0.15) is 0 Å². The lowest BCUT2D eigenvalue weighted by Gasteiger charge is -2.06. The largest absolute Gasteiger partial charge is 0.312 e. The number of halogens is 1. The Labute approximate surface area is 158 Å². The molecule has 132 valence electrons. The van der Waals surface area contributed by atoms with Crippen molar-refractivity contribution in [2.24, 2.45) is 0 Å². The molecule has 0 amide bonds.